The number of H-pyrrole nitrogens is 1. The molecule has 1 N–H and O–H groups in total. The average molecular weight is 237 g/mol. The van der Waals surface area contributed by atoms with Crippen molar-refractivity contribution in [3.05, 3.63) is 17.7 Å². The molecule has 0 saturated carbocycles. The second kappa shape index (κ2) is 4.05. The number of nitrogens with one attached hydrogen (secondary N) is 1. The van der Waals surface area contributed by atoms with Crippen molar-refractivity contribution in [2.75, 3.05) is 13.1 Å². The van der Waals surface area contributed by atoms with Crippen LogP contribution in [0.2, 0.25) is 0 Å². The van der Waals surface area contributed by atoms with E-state index in [1.165, 1.54) is 0 Å². The average Bonchev–Trinajstić information content (AvgIpc) is 2.45. The van der Waals surface area contributed by atoms with Crippen molar-refractivity contribution in [3.63, 3.8) is 0 Å². The van der Waals surface area contributed by atoms with Gasteiger partial charge in [-0.1, -0.05) is 0 Å². The van der Waals surface area contributed by atoms with Crippen LogP contribution in [0.3, 0.4) is 0 Å². The Balaban J connectivity index is 1.85. The van der Waals surface area contributed by atoms with Gasteiger partial charge in [0.25, 0.3) is 0 Å². The van der Waals surface area contributed by atoms with Crippen LogP contribution in [0.5, 0.6) is 0 Å². The van der Waals surface area contributed by atoms with E-state index in [9.17, 15) is 4.79 Å². The van der Waals surface area contributed by atoms with Crippen LogP contribution in [0.4, 0.5) is 4.79 Å². The van der Waals surface area contributed by atoms with Crippen LogP contribution in [0, 0.1) is 6.92 Å². The first kappa shape index (κ1) is 12.0. The zero-order valence-electron chi connectivity index (χ0n) is 10.8. The monoisotopic (exact) mass is 237 g/mol. The molecule has 0 aliphatic carbocycles. The summed E-state index contributed by atoms with van der Waals surface area (Å²) >= 11 is 0. The SMILES string of the molecule is Cc1cnc(C2CN(C(=O)OC(C)(C)C)C2)[nH]1. The van der Waals surface area contributed by atoms with Gasteiger partial charge >= 0.3 is 6.09 Å². The molecule has 1 aliphatic rings. The van der Waals surface area contributed by atoms with E-state index in [2.05, 4.69) is 9.97 Å². The number of rotatable bonds is 1. The third-order valence-electron chi connectivity index (χ3n) is 2.64. The summed E-state index contributed by atoms with van der Waals surface area (Å²) in [6, 6.07) is 0. The van der Waals surface area contributed by atoms with Gasteiger partial charge in [0, 0.05) is 25.0 Å². The molecule has 1 aromatic rings. The highest BCUT2D eigenvalue weighted by atomic mass is 16.6. The summed E-state index contributed by atoms with van der Waals surface area (Å²) in [5.41, 5.74) is 0.624. The van der Waals surface area contributed by atoms with Gasteiger partial charge in [-0.25, -0.2) is 9.78 Å². The van der Waals surface area contributed by atoms with Crippen LogP contribution < -0.4 is 0 Å². The first-order valence-corrected chi connectivity index (χ1v) is 5.84. The van der Waals surface area contributed by atoms with Crippen molar-refractivity contribution in [3.8, 4) is 0 Å². The number of aryl methyl sites for hydroxylation is 1. The molecule has 2 rings (SSSR count). The molecule has 0 spiro atoms. The zero-order chi connectivity index (χ0) is 12.6. The third-order valence-corrected chi connectivity index (χ3v) is 2.64. The Morgan fingerprint density at radius 3 is 2.65 bits per heavy atom. The number of carbonyl (C=O) groups is 1. The molecule has 0 radical (unpaired) electrons. The maximum atomic E-state index is 11.7. The zero-order valence-corrected chi connectivity index (χ0v) is 10.8. The molecule has 1 aromatic heterocycles. The summed E-state index contributed by atoms with van der Waals surface area (Å²) < 4.78 is 5.29. The molecular weight excluding hydrogens is 218 g/mol. The Hall–Kier alpha value is -1.52. The third kappa shape index (κ3) is 2.78. The fourth-order valence-electron chi connectivity index (χ4n) is 1.77. The van der Waals surface area contributed by atoms with Gasteiger partial charge in [-0.3, -0.25) is 0 Å². The van der Waals surface area contributed by atoms with Crippen LogP contribution in [0.15, 0.2) is 6.20 Å². The van der Waals surface area contributed by atoms with E-state index >= 15 is 0 Å². The van der Waals surface area contributed by atoms with Crippen LogP contribution in [0.1, 0.15) is 38.2 Å². The van der Waals surface area contributed by atoms with Gasteiger partial charge in [0.2, 0.25) is 0 Å². The smallest absolute Gasteiger partial charge is 0.410 e. The normalized spacial score (nSPS) is 16.8. The number of likely N-dealkylation sites (tertiary alicyclic amines) is 1. The molecule has 17 heavy (non-hydrogen) atoms. The minimum absolute atomic E-state index is 0.239. The molecule has 0 aromatic carbocycles. The molecule has 94 valence electrons. The van der Waals surface area contributed by atoms with Crippen LogP contribution >= 0.6 is 0 Å². The lowest BCUT2D eigenvalue weighted by Crippen LogP contribution is -2.50. The van der Waals surface area contributed by atoms with Crippen molar-refractivity contribution in [1.82, 2.24) is 14.9 Å². The van der Waals surface area contributed by atoms with Crippen molar-refractivity contribution in [2.24, 2.45) is 0 Å². The lowest BCUT2D eigenvalue weighted by molar-refractivity contribution is 0.00758. The fraction of sp³-hybridized carbons (Fsp3) is 0.667. The van der Waals surface area contributed by atoms with Gasteiger partial charge in [-0.15, -0.1) is 0 Å². The van der Waals surface area contributed by atoms with Gasteiger partial charge in [0.1, 0.15) is 11.4 Å². The summed E-state index contributed by atoms with van der Waals surface area (Å²) in [4.78, 5) is 20.9. The number of aromatic nitrogens is 2. The molecule has 0 atom stereocenters. The Kier molecular flexibility index (Phi) is 2.85. The molecule has 0 bridgehead atoms. The van der Waals surface area contributed by atoms with Crippen molar-refractivity contribution >= 4 is 6.09 Å². The molecular formula is C12H19N3O2. The van der Waals surface area contributed by atoms with Gasteiger partial charge in [-0.05, 0) is 27.7 Å². The standard InChI is InChI=1S/C12H19N3O2/c1-8-5-13-10(14-8)9-6-15(7-9)11(16)17-12(2,3)4/h5,9H,6-7H2,1-4H3,(H,13,14). The molecule has 5 heteroatoms. The van der Waals surface area contributed by atoms with Crippen molar-refractivity contribution in [2.45, 2.75) is 39.2 Å². The lowest BCUT2D eigenvalue weighted by atomic mass is 10.0. The quantitative estimate of drug-likeness (QED) is 0.813. The number of hydrogen-bond acceptors (Lipinski definition) is 3. The molecule has 1 saturated heterocycles. The molecule has 1 fully saturated rings. The van der Waals surface area contributed by atoms with E-state index < -0.39 is 5.60 Å². The Labute approximate surface area is 101 Å². The molecule has 2 heterocycles. The van der Waals surface area contributed by atoms with Crippen LogP contribution in [-0.4, -0.2) is 39.7 Å². The largest absolute Gasteiger partial charge is 0.444 e. The number of amides is 1. The van der Waals surface area contributed by atoms with Crippen molar-refractivity contribution < 1.29 is 9.53 Å². The van der Waals surface area contributed by atoms with E-state index in [0.29, 0.717) is 19.0 Å². The maximum Gasteiger partial charge on any atom is 0.410 e. The Bertz CT molecular complexity index is 414. The van der Waals surface area contributed by atoms with Gasteiger partial charge in [0.05, 0.1) is 5.92 Å². The molecule has 1 amide bonds. The summed E-state index contributed by atoms with van der Waals surface area (Å²) in [5, 5.41) is 0. The number of ether oxygens (including phenoxy) is 1. The second-order valence-electron chi connectivity index (χ2n) is 5.53. The summed E-state index contributed by atoms with van der Waals surface area (Å²) in [6.07, 6.45) is 1.57. The van der Waals surface area contributed by atoms with E-state index in [0.717, 1.165) is 11.5 Å². The van der Waals surface area contributed by atoms with E-state index in [1.54, 1.807) is 4.90 Å². The van der Waals surface area contributed by atoms with Crippen LogP contribution in [-0.2, 0) is 4.74 Å². The number of carbonyl (C=O) groups excluding carboxylic acids is 1. The lowest BCUT2D eigenvalue weighted by Gasteiger charge is -2.38. The van der Waals surface area contributed by atoms with E-state index in [-0.39, 0.29) is 6.09 Å². The highest BCUT2D eigenvalue weighted by Gasteiger charge is 2.35. The molecule has 1 aliphatic heterocycles. The minimum Gasteiger partial charge on any atom is -0.444 e. The number of hydrogen-bond donors (Lipinski definition) is 1. The molecule has 0 unspecified atom stereocenters. The van der Waals surface area contributed by atoms with Gasteiger partial charge in [-0.2, -0.15) is 0 Å². The van der Waals surface area contributed by atoms with Gasteiger partial charge in [0.15, 0.2) is 0 Å². The highest BCUT2D eigenvalue weighted by molar-refractivity contribution is 5.69. The Morgan fingerprint density at radius 2 is 2.18 bits per heavy atom. The van der Waals surface area contributed by atoms with E-state index in [1.807, 2.05) is 33.9 Å². The van der Waals surface area contributed by atoms with Crippen molar-refractivity contribution in [1.29, 1.82) is 0 Å². The van der Waals surface area contributed by atoms with Crippen LogP contribution in [0.25, 0.3) is 0 Å². The first-order chi connectivity index (χ1) is 7.85. The summed E-state index contributed by atoms with van der Waals surface area (Å²) in [6.45, 7) is 8.96. The topological polar surface area (TPSA) is 58.2 Å². The maximum absolute atomic E-state index is 11.7. The van der Waals surface area contributed by atoms with E-state index in [4.69, 9.17) is 4.74 Å². The second-order valence-corrected chi connectivity index (χ2v) is 5.53. The Morgan fingerprint density at radius 1 is 1.53 bits per heavy atom. The van der Waals surface area contributed by atoms with Gasteiger partial charge < -0.3 is 14.6 Å². The predicted octanol–water partition coefficient (Wildman–Crippen LogP) is 2.05. The number of nitrogens with zero attached hydrogens (tertiary/aromatic N) is 2. The number of imidazole rings is 1. The first-order valence-electron chi connectivity index (χ1n) is 5.84. The summed E-state index contributed by atoms with van der Waals surface area (Å²) in [7, 11) is 0. The highest BCUT2D eigenvalue weighted by Crippen LogP contribution is 2.26. The predicted molar refractivity (Wildman–Crippen MR) is 63.9 cm³/mol. The number of aromatic amines is 1. The fourth-order valence-corrected chi connectivity index (χ4v) is 1.77. The summed E-state index contributed by atoms with van der Waals surface area (Å²) in [5.74, 6) is 1.28. The molecule has 5 nitrogen and oxygen atoms in total. The minimum atomic E-state index is -0.427.